The van der Waals surface area contributed by atoms with Crippen molar-refractivity contribution < 1.29 is 14.0 Å². The molecule has 20 heteroatoms. The predicted octanol–water partition coefficient (Wildman–Crippen LogP) is 7.56. The summed E-state index contributed by atoms with van der Waals surface area (Å²) in [5, 5.41) is 20.8. The van der Waals surface area contributed by atoms with Gasteiger partial charge < -0.3 is 65.7 Å². The van der Waals surface area contributed by atoms with Crippen LogP contribution >= 0.6 is 23.1 Å². The number of rotatable bonds is 17. The Morgan fingerprint density at radius 1 is 0.890 bits per heavy atom. The van der Waals surface area contributed by atoms with Crippen molar-refractivity contribution in [3.63, 3.8) is 0 Å². The second kappa shape index (κ2) is 22.1. The predicted molar refractivity (Wildman–Crippen MR) is 302 cm³/mol. The number of nitrogen functional groups attached to an aromatic ring is 1. The van der Waals surface area contributed by atoms with Crippen molar-refractivity contribution >= 4 is 97.0 Å². The molecule has 8 N–H and O–H groups in total. The lowest BCUT2D eigenvalue weighted by Gasteiger charge is -2.40. The van der Waals surface area contributed by atoms with E-state index in [1.54, 1.807) is 51.1 Å². The van der Waals surface area contributed by atoms with Crippen LogP contribution in [0, 0.1) is 17.2 Å². The fourth-order valence-electron chi connectivity index (χ4n) is 11.2. The van der Waals surface area contributed by atoms with Gasteiger partial charge in [0, 0.05) is 135 Å². The van der Waals surface area contributed by atoms with Crippen LogP contribution in [0.5, 0.6) is 11.5 Å². The third kappa shape index (κ3) is 11.2. The molecule has 6 heterocycles. The van der Waals surface area contributed by atoms with Gasteiger partial charge in [0.15, 0.2) is 0 Å². The van der Waals surface area contributed by atoms with Gasteiger partial charge in [-0.25, -0.2) is 10.8 Å². The Bertz CT molecular complexity index is 3000. The van der Waals surface area contributed by atoms with E-state index >= 15 is 0 Å². The Morgan fingerprint density at radius 3 is 2.16 bits per heavy atom. The van der Waals surface area contributed by atoms with E-state index in [1.807, 2.05) is 55.9 Å². The Balaban J connectivity index is 1.08. The number of benzene rings is 3. The Morgan fingerprint density at radius 2 is 1.53 bits per heavy atom. The molecule has 4 saturated heterocycles. The maximum absolute atomic E-state index is 13.8. The molecule has 0 spiro atoms. The molecular formula is C53H69BrN15O3P. The molecule has 5 aromatic rings. The molecule has 9 rings (SSSR count). The maximum Gasteiger partial charge on any atom is 0.229 e. The second-order valence-electron chi connectivity index (χ2n) is 20.0. The summed E-state index contributed by atoms with van der Waals surface area (Å²) in [7, 11) is 6.88. The quantitative estimate of drug-likeness (QED) is 0.0132. The summed E-state index contributed by atoms with van der Waals surface area (Å²) in [5.74, 6) is 9.63. The summed E-state index contributed by atoms with van der Waals surface area (Å²) >= 11 is 3.66. The number of fused-ring (bicyclic) bond motifs is 3. The maximum atomic E-state index is 13.8. The summed E-state index contributed by atoms with van der Waals surface area (Å²) in [6.07, 6.45) is 18.6. The summed E-state index contributed by atoms with van der Waals surface area (Å²) in [6, 6.07) is 12.7. The van der Waals surface area contributed by atoms with E-state index in [0.717, 1.165) is 80.2 Å². The van der Waals surface area contributed by atoms with E-state index in [4.69, 9.17) is 36.4 Å². The van der Waals surface area contributed by atoms with Crippen LogP contribution in [0.4, 0.5) is 40.2 Å². The van der Waals surface area contributed by atoms with Crippen LogP contribution in [0.3, 0.4) is 0 Å². The number of ether oxygens (including phenoxy) is 2. The number of hydrogen-bond donors (Lipinski definition) is 6. The van der Waals surface area contributed by atoms with Crippen LogP contribution in [0.2, 0.25) is 0 Å². The summed E-state index contributed by atoms with van der Waals surface area (Å²) < 4.78 is 27.0. The number of nitrogens with one attached hydrogen (secondary N) is 4. The van der Waals surface area contributed by atoms with E-state index in [0.29, 0.717) is 84.7 Å². The van der Waals surface area contributed by atoms with E-state index in [2.05, 4.69) is 87.7 Å². The summed E-state index contributed by atoms with van der Waals surface area (Å²) in [5.41, 5.74) is 14.9. The fraction of sp³-hybridized carbons (Fsp3) is 0.415. The smallest absolute Gasteiger partial charge is 0.229 e. The topological polar surface area (TPSA) is 215 Å². The molecule has 0 saturated carbocycles. The molecule has 4 aliphatic heterocycles. The number of allylic oxidation sites excluding steroid dienone is 3. The molecule has 0 aliphatic carbocycles. The second-order valence-corrected chi connectivity index (χ2v) is 24.0. The number of aromatic nitrogens is 4. The molecular weight excluding hydrogens is 1010 g/mol. The lowest BCUT2D eigenvalue weighted by Crippen LogP contribution is -2.47. The number of piperidine rings is 2. The summed E-state index contributed by atoms with van der Waals surface area (Å²) in [6.45, 7) is 9.38. The van der Waals surface area contributed by atoms with Crippen molar-refractivity contribution in [2.45, 2.75) is 37.8 Å². The van der Waals surface area contributed by atoms with Crippen molar-refractivity contribution in [2.75, 3.05) is 121 Å². The lowest BCUT2D eigenvalue weighted by atomic mass is 9.91. The minimum atomic E-state index is -2.87. The number of methoxy groups -OCH3 is 1. The monoisotopic (exact) mass is 1070 g/mol. The van der Waals surface area contributed by atoms with Gasteiger partial charge in [0.05, 0.1) is 39.5 Å². The molecule has 73 heavy (non-hydrogen) atoms. The van der Waals surface area contributed by atoms with Gasteiger partial charge in [-0.1, -0.05) is 6.08 Å². The van der Waals surface area contributed by atoms with E-state index in [9.17, 15) is 4.57 Å². The minimum Gasteiger partial charge on any atom is -0.495 e. The van der Waals surface area contributed by atoms with Crippen LogP contribution in [-0.2, 0) is 4.57 Å². The van der Waals surface area contributed by atoms with Gasteiger partial charge in [-0.2, -0.15) is 4.98 Å². The SMILES string of the molecule is CN/C=C(\C=N)c1cc(Nc2ncc(Br)c(Nc3ccc4nccnc4c3P(C)(C)=O)n2)c(OC/C=C/C(=C\N(C)N)c2cc(N)c(OC)cc2N2CCC3CCN(C)C3C2)cc1N1CCC2CCN(C)C2C1. The summed E-state index contributed by atoms with van der Waals surface area (Å²) in [4.78, 5) is 28.5. The fourth-order valence-corrected chi connectivity index (χ4v) is 12.9. The van der Waals surface area contributed by atoms with Crippen LogP contribution in [0.15, 0.2) is 84.0 Å². The van der Waals surface area contributed by atoms with Crippen LogP contribution in [0.25, 0.3) is 22.2 Å². The van der Waals surface area contributed by atoms with Gasteiger partial charge in [0.2, 0.25) is 5.95 Å². The number of halogens is 1. The zero-order valence-corrected chi connectivity index (χ0v) is 45.4. The van der Waals surface area contributed by atoms with Gasteiger partial charge >= 0.3 is 0 Å². The van der Waals surface area contributed by atoms with Crippen molar-refractivity contribution in [1.82, 2.24) is 40.1 Å². The highest BCUT2D eigenvalue weighted by atomic mass is 79.9. The van der Waals surface area contributed by atoms with E-state index in [-0.39, 0.29) is 12.6 Å². The van der Waals surface area contributed by atoms with Crippen molar-refractivity contribution in [2.24, 2.45) is 17.7 Å². The first-order valence-electron chi connectivity index (χ1n) is 24.9. The first-order chi connectivity index (χ1) is 35.1. The third-order valence-electron chi connectivity index (χ3n) is 14.9. The van der Waals surface area contributed by atoms with Crippen molar-refractivity contribution in [1.29, 1.82) is 5.41 Å². The van der Waals surface area contributed by atoms with Crippen LogP contribution < -0.4 is 52.1 Å². The highest BCUT2D eigenvalue weighted by molar-refractivity contribution is 9.10. The number of nitrogens with two attached hydrogens (primary N) is 2. The van der Waals surface area contributed by atoms with Gasteiger partial charge in [-0.05, 0) is 124 Å². The van der Waals surface area contributed by atoms with Gasteiger partial charge in [0.25, 0.3) is 0 Å². The Kier molecular flexibility index (Phi) is 15.6. The lowest BCUT2D eigenvalue weighted by molar-refractivity contribution is 0.246. The molecule has 386 valence electrons. The molecule has 4 fully saturated rings. The average molecular weight is 1080 g/mol. The number of hydrazine groups is 1. The molecule has 0 radical (unpaired) electrons. The number of anilines is 7. The van der Waals surface area contributed by atoms with Crippen molar-refractivity contribution in [3.05, 3.63) is 95.1 Å². The number of nitrogens with zero attached hydrogens (tertiary/aromatic N) is 9. The van der Waals surface area contributed by atoms with Gasteiger partial charge in [0.1, 0.15) is 36.6 Å². The number of hydrogen-bond acceptors (Lipinski definition) is 18. The Labute approximate surface area is 437 Å². The largest absolute Gasteiger partial charge is 0.495 e. The molecule has 2 aromatic heterocycles. The minimum absolute atomic E-state index is 0.186. The van der Waals surface area contributed by atoms with Crippen LogP contribution in [0.1, 0.15) is 36.8 Å². The first kappa shape index (κ1) is 51.7. The highest BCUT2D eigenvalue weighted by Gasteiger charge is 2.39. The van der Waals surface area contributed by atoms with E-state index < -0.39 is 7.14 Å². The molecule has 4 unspecified atom stereocenters. The Hall–Kier alpha value is -6.24. The van der Waals surface area contributed by atoms with Crippen LogP contribution in [-0.4, -0.2) is 148 Å². The zero-order chi connectivity index (χ0) is 51.6. The number of likely N-dealkylation sites (tertiary alicyclic amines) is 2. The molecule has 0 bridgehead atoms. The number of likely N-dealkylation sites (N-methyl/N-ethyl adjacent to an activating group) is 2. The first-order valence-corrected chi connectivity index (χ1v) is 28.3. The molecule has 4 atom stereocenters. The molecule has 4 aliphatic rings. The van der Waals surface area contributed by atoms with E-state index in [1.165, 1.54) is 19.1 Å². The zero-order valence-electron chi connectivity index (χ0n) is 42.9. The third-order valence-corrected chi connectivity index (χ3v) is 17.0. The normalized spacial score (nSPS) is 20.8. The molecule has 0 amide bonds. The van der Waals surface area contributed by atoms with Gasteiger partial charge in [-0.15, -0.1) is 0 Å². The van der Waals surface area contributed by atoms with Crippen molar-refractivity contribution in [3.8, 4) is 11.5 Å². The average Bonchev–Trinajstić information content (AvgIpc) is 3.94. The molecule has 3 aromatic carbocycles. The standard InChI is InChI=1S/C53H69BrN15O3P/c1-58-28-36(27-55)38-24-43(63-53-61-29-39(54)52(64-53)62-42-11-10-41-50(60-17-16-59-41)51(42)73(6,7)70)49(26-45(38)69-21-15-34-13-19-66(3)47(34)32-69)72-22-8-9-35(30-67(4)57)37-23-40(56)48(71-5)25-44(37)68-20-14-33-12-18-65(2)46(33)31-68/h8-11,16-17,23-30,33-34,46-47,55,58H,12-15,18-22,31-32,56-57H2,1-7H3,(H2,61,62,63,64)/b9-8+,35-30+,36-28+,55-27?. The molecule has 18 nitrogen and oxygen atoms in total. The van der Waals surface area contributed by atoms with Gasteiger partial charge in [-0.3, -0.25) is 9.97 Å². The highest BCUT2D eigenvalue weighted by Crippen LogP contribution is 2.44.